The smallest absolute Gasteiger partial charge is 0.373 e. The summed E-state index contributed by atoms with van der Waals surface area (Å²) in [6.45, 7) is 2.12. The lowest BCUT2D eigenvalue weighted by Gasteiger charge is -2.14. The lowest BCUT2D eigenvalue weighted by molar-refractivity contribution is -0.338. The van der Waals surface area contributed by atoms with Crippen LogP contribution < -0.4 is 0 Å². The summed E-state index contributed by atoms with van der Waals surface area (Å²) in [5.74, 6) is -0.695. The number of pyridine rings is 1. The molecule has 1 aliphatic heterocycles. The number of carboxylic acids is 1. The average Bonchev–Trinajstić information content (AvgIpc) is 3.13. The molecule has 8 nitrogen and oxygen atoms in total. The average molecular weight is 303 g/mol. The molecule has 2 aromatic rings. The van der Waals surface area contributed by atoms with Crippen molar-refractivity contribution >= 4 is 5.97 Å². The number of hydroxylamine groups is 2. The number of aromatic nitrogens is 2. The second-order valence-corrected chi connectivity index (χ2v) is 4.53. The normalized spacial score (nSPS) is 14.7. The van der Waals surface area contributed by atoms with Crippen molar-refractivity contribution in [1.82, 2.24) is 15.4 Å². The molecule has 0 saturated carbocycles. The van der Waals surface area contributed by atoms with Gasteiger partial charge in [0.2, 0.25) is 5.76 Å². The molecule has 0 atom stereocenters. The zero-order valence-electron chi connectivity index (χ0n) is 11.7. The van der Waals surface area contributed by atoms with Crippen molar-refractivity contribution in [2.24, 2.45) is 0 Å². The highest BCUT2D eigenvalue weighted by Gasteiger charge is 2.23. The number of nitrogens with zero attached hydrogens (tertiary/aromatic N) is 3. The number of carboxylic acid groups (broad SMARTS) is 1. The molecule has 0 radical (unpaired) electrons. The Bertz CT molecular complexity index is 711. The fourth-order valence-electron chi connectivity index (χ4n) is 1.95. The molecule has 114 valence electrons. The molecule has 2 aromatic heterocycles. The van der Waals surface area contributed by atoms with E-state index >= 15 is 0 Å². The molecule has 0 spiro atoms. The fraction of sp³-hybridized carbons (Fsp3) is 0.214. The molecule has 1 N–H and O–H groups in total. The van der Waals surface area contributed by atoms with E-state index in [0.29, 0.717) is 17.1 Å². The van der Waals surface area contributed by atoms with E-state index in [2.05, 4.69) is 10.1 Å². The van der Waals surface area contributed by atoms with E-state index in [9.17, 15) is 4.79 Å². The molecular formula is C14H13N3O5. The molecular weight excluding hydrogens is 290 g/mol. The van der Waals surface area contributed by atoms with E-state index in [-0.39, 0.29) is 18.9 Å². The zero-order chi connectivity index (χ0) is 15.5. The SMILES string of the molecule is Cc1onc(-c2ccccn2)c1CON1CC=C(C(=O)O)O1. The lowest BCUT2D eigenvalue weighted by atomic mass is 10.1. The summed E-state index contributed by atoms with van der Waals surface area (Å²) >= 11 is 0. The molecule has 0 aromatic carbocycles. The molecule has 0 bridgehead atoms. The minimum Gasteiger partial charge on any atom is -0.475 e. The fourth-order valence-corrected chi connectivity index (χ4v) is 1.95. The van der Waals surface area contributed by atoms with Gasteiger partial charge in [-0.15, -0.1) is 0 Å². The van der Waals surface area contributed by atoms with Gasteiger partial charge in [-0.3, -0.25) is 9.82 Å². The minimum absolute atomic E-state index is 0.127. The Kier molecular flexibility index (Phi) is 3.86. The summed E-state index contributed by atoms with van der Waals surface area (Å²) in [4.78, 5) is 25.4. The monoisotopic (exact) mass is 303 g/mol. The number of aliphatic carboxylic acids is 1. The van der Waals surface area contributed by atoms with Crippen LogP contribution in [0.2, 0.25) is 0 Å². The second kappa shape index (κ2) is 5.96. The van der Waals surface area contributed by atoms with Crippen LogP contribution in [0.15, 0.2) is 40.8 Å². The minimum atomic E-state index is -1.14. The molecule has 0 saturated heterocycles. The zero-order valence-corrected chi connectivity index (χ0v) is 11.7. The maximum atomic E-state index is 10.8. The first-order valence-electron chi connectivity index (χ1n) is 6.53. The number of hydrogen-bond donors (Lipinski definition) is 1. The highest BCUT2D eigenvalue weighted by atomic mass is 17.0. The lowest BCUT2D eigenvalue weighted by Crippen LogP contribution is -2.20. The number of hydrogen-bond acceptors (Lipinski definition) is 7. The highest BCUT2D eigenvalue weighted by molar-refractivity contribution is 5.84. The maximum absolute atomic E-state index is 10.8. The first-order valence-corrected chi connectivity index (χ1v) is 6.53. The van der Waals surface area contributed by atoms with Crippen molar-refractivity contribution in [3.05, 3.63) is 47.6 Å². The van der Waals surface area contributed by atoms with Crippen LogP contribution in [-0.2, 0) is 21.1 Å². The summed E-state index contributed by atoms with van der Waals surface area (Å²) in [6.07, 6.45) is 3.08. The van der Waals surface area contributed by atoms with Crippen LogP contribution in [-0.4, -0.2) is 33.0 Å². The maximum Gasteiger partial charge on any atom is 0.373 e. The Balaban J connectivity index is 1.69. The third kappa shape index (κ3) is 2.83. The molecule has 3 heterocycles. The van der Waals surface area contributed by atoms with Gasteiger partial charge in [0.15, 0.2) is 0 Å². The number of carbonyl (C=O) groups is 1. The van der Waals surface area contributed by atoms with Crippen molar-refractivity contribution in [3.63, 3.8) is 0 Å². The van der Waals surface area contributed by atoms with E-state index in [1.807, 2.05) is 18.2 Å². The van der Waals surface area contributed by atoms with Gasteiger partial charge in [-0.2, -0.15) is 0 Å². The van der Waals surface area contributed by atoms with Crippen LogP contribution in [0.25, 0.3) is 11.4 Å². The first kappa shape index (κ1) is 14.2. The Labute approximate surface area is 125 Å². The van der Waals surface area contributed by atoms with E-state index < -0.39 is 5.97 Å². The van der Waals surface area contributed by atoms with Crippen molar-refractivity contribution in [2.75, 3.05) is 6.54 Å². The molecule has 8 heteroatoms. The third-order valence-electron chi connectivity index (χ3n) is 3.08. The van der Waals surface area contributed by atoms with E-state index in [1.54, 1.807) is 13.1 Å². The van der Waals surface area contributed by atoms with Gasteiger partial charge in [0.1, 0.15) is 18.1 Å². The predicted molar refractivity (Wildman–Crippen MR) is 72.8 cm³/mol. The van der Waals surface area contributed by atoms with E-state index in [4.69, 9.17) is 19.3 Å². The first-order chi connectivity index (χ1) is 10.6. The molecule has 0 amide bonds. The van der Waals surface area contributed by atoms with Gasteiger partial charge in [0.05, 0.1) is 17.8 Å². The topological polar surface area (TPSA) is 97.9 Å². The van der Waals surface area contributed by atoms with Crippen LogP contribution in [0.1, 0.15) is 11.3 Å². The van der Waals surface area contributed by atoms with Gasteiger partial charge in [0.25, 0.3) is 0 Å². The molecule has 0 aliphatic carbocycles. The van der Waals surface area contributed by atoms with Crippen LogP contribution in [0.3, 0.4) is 0 Å². The summed E-state index contributed by atoms with van der Waals surface area (Å²) in [7, 11) is 0. The summed E-state index contributed by atoms with van der Waals surface area (Å²) in [5, 5.41) is 13.9. The molecule has 0 unspecified atom stereocenters. The highest BCUT2D eigenvalue weighted by Crippen LogP contribution is 2.25. The van der Waals surface area contributed by atoms with Gasteiger partial charge in [-0.1, -0.05) is 11.2 Å². The predicted octanol–water partition coefficient (Wildman–Crippen LogP) is 1.69. The van der Waals surface area contributed by atoms with E-state index in [1.165, 1.54) is 6.08 Å². The van der Waals surface area contributed by atoms with Crippen LogP contribution in [0.5, 0.6) is 0 Å². The molecule has 22 heavy (non-hydrogen) atoms. The number of rotatable bonds is 5. The molecule has 3 rings (SSSR count). The largest absolute Gasteiger partial charge is 0.475 e. The Morgan fingerprint density at radius 2 is 2.36 bits per heavy atom. The Morgan fingerprint density at radius 3 is 3.05 bits per heavy atom. The standard InChI is InChI=1S/C14H13N3O5/c1-9-10(8-20-17-7-5-12(22-17)14(18)19)13(16-21-9)11-4-2-3-6-15-11/h2-6H,7-8H2,1H3,(H,18,19). The molecule has 1 aliphatic rings. The van der Waals surface area contributed by atoms with Gasteiger partial charge in [-0.05, 0) is 30.4 Å². The van der Waals surface area contributed by atoms with Crippen LogP contribution in [0, 0.1) is 6.92 Å². The van der Waals surface area contributed by atoms with Crippen molar-refractivity contribution < 1.29 is 24.1 Å². The van der Waals surface area contributed by atoms with E-state index in [0.717, 1.165) is 10.8 Å². The van der Waals surface area contributed by atoms with Gasteiger partial charge < -0.3 is 14.5 Å². The summed E-state index contributed by atoms with van der Waals surface area (Å²) in [6, 6.07) is 5.48. The quantitative estimate of drug-likeness (QED) is 0.891. The number of aryl methyl sites for hydroxylation is 1. The third-order valence-corrected chi connectivity index (χ3v) is 3.08. The van der Waals surface area contributed by atoms with Crippen molar-refractivity contribution in [1.29, 1.82) is 0 Å². The van der Waals surface area contributed by atoms with Crippen LogP contribution in [0.4, 0.5) is 0 Å². The van der Waals surface area contributed by atoms with Gasteiger partial charge in [-0.25, -0.2) is 4.79 Å². The van der Waals surface area contributed by atoms with Gasteiger partial charge >= 0.3 is 5.97 Å². The van der Waals surface area contributed by atoms with Crippen LogP contribution >= 0.6 is 0 Å². The summed E-state index contributed by atoms with van der Waals surface area (Å²) in [5.41, 5.74) is 1.99. The van der Waals surface area contributed by atoms with Crippen molar-refractivity contribution in [2.45, 2.75) is 13.5 Å². The second-order valence-electron chi connectivity index (χ2n) is 4.53. The summed E-state index contributed by atoms with van der Waals surface area (Å²) < 4.78 is 5.19. The molecule has 0 fully saturated rings. The Morgan fingerprint density at radius 1 is 1.50 bits per heavy atom. The van der Waals surface area contributed by atoms with Crippen molar-refractivity contribution in [3.8, 4) is 11.4 Å². The Hall–Kier alpha value is -2.71. The van der Waals surface area contributed by atoms with Gasteiger partial charge in [0, 0.05) is 6.20 Å².